The molecular formula is C26H28ClF3N4O6. The first-order valence-electron chi connectivity index (χ1n) is 12.0. The zero-order valence-electron chi connectivity index (χ0n) is 22.2. The lowest BCUT2D eigenvalue weighted by atomic mass is 10.1. The predicted molar refractivity (Wildman–Crippen MR) is 139 cm³/mol. The molecule has 1 aromatic heterocycles. The van der Waals surface area contributed by atoms with Crippen molar-refractivity contribution in [3.63, 3.8) is 0 Å². The molecule has 10 nitrogen and oxygen atoms in total. The van der Waals surface area contributed by atoms with Crippen molar-refractivity contribution in [3.8, 4) is 17.2 Å². The van der Waals surface area contributed by atoms with E-state index in [4.69, 9.17) is 25.5 Å². The number of likely N-dealkylation sites (N-methyl/N-ethyl adjacent to an activating group) is 1. The number of esters is 1. The summed E-state index contributed by atoms with van der Waals surface area (Å²) < 4.78 is 55.2. The number of carbonyl (C=O) groups excluding carboxylic acids is 2. The van der Waals surface area contributed by atoms with Crippen LogP contribution in [0.1, 0.15) is 31.9 Å². The molecule has 3 rings (SSSR count). The minimum atomic E-state index is -4.51. The number of benzene rings is 2. The molecule has 0 bridgehead atoms. The van der Waals surface area contributed by atoms with E-state index in [1.807, 2.05) is 0 Å². The van der Waals surface area contributed by atoms with Crippen LogP contribution in [0.5, 0.6) is 5.75 Å². The minimum Gasteiger partial charge on any atom is -0.459 e. The van der Waals surface area contributed by atoms with Crippen LogP contribution in [0.15, 0.2) is 51.7 Å². The van der Waals surface area contributed by atoms with Crippen molar-refractivity contribution < 1.29 is 36.7 Å². The highest BCUT2D eigenvalue weighted by molar-refractivity contribution is 6.30. The maximum absolute atomic E-state index is 12.8. The Kier molecular flexibility index (Phi) is 9.64. The van der Waals surface area contributed by atoms with E-state index in [1.165, 1.54) is 30.1 Å². The number of hydrogen-bond donors (Lipinski definition) is 1. The number of aromatic nitrogens is 2. The molecule has 40 heavy (non-hydrogen) atoms. The van der Waals surface area contributed by atoms with Crippen LogP contribution in [0, 0.1) is 0 Å². The van der Waals surface area contributed by atoms with E-state index in [9.17, 15) is 27.6 Å². The highest BCUT2D eigenvalue weighted by Crippen LogP contribution is 2.30. The summed E-state index contributed by atoms with van der Waals surface area (Å²) in [5, 5.41) is 7.24. The summed E-state index contributed by atoms with van der Waals surface area (Å²) in [5.41, 5.74) is -0.960. The lowest BCUT2D eigenvalue weighted by molar-refractivity contribution is -0.153. The van der Waals surface area contributed by atoms with Gasteiger partial charge in [0.05, 0.1) is 18.7 Å². The quantitative estimate of drug-likeness (QED) is 0.287. The zero-order valence-corrected chi connectivity index (χ0v) is 22.9. The second-order valence-electron chi connectivity index (χ2n) is 9.71. The second-order valence-corrected chi connectivity index (χ2v) is 10.1. The third kappa shape index (κ3) is 8.85. The molecule has 0 spiro atoms. The Bertz CT molecular complexity index is 1400. The maximum atomic E-state index is 12.8. The predicted octanol–water partition coefficient (Wildman–Crippen LogP) is 4.59. The molecule has 0 aliphatic rings. The van der Waals surface area contributed by atoms with Gasteiger partial charge in [-0.25, -0.2) is 9.59 Å². The van der Waals surface area contributed by atoms with Crippen molar-refractivity contribution in [2.75, 3.05) is 26.7 Å². The first-order chi connectivity index (χ1) is 18.6. The molecular weight excluding hydrogens is 557 g/mol. The Morgan fingerprint density at radius 3 is 2.42 bits per heavy atom. The van der Waals surface area contributed by atoms with Gasteiger partial charge in [0, 0.05) is 36.3 Å². The molecule has 0 aliphatic carbocycles. The maximum Gasteiger partial charge on any atom is 0.437 e. The average Bonchev–Trinajstić information content (AvgIpc) is 3.21. The third-order valence-electron chi connectivity index (χ3n) is 5.23. The number of nitrogens with one attached hydrogen (secondary N) is 1. The standard InChI is InChI=1S/C26H28ClF3N4O6/c1-25(2,3)40-21(35)14-31-11-12-33(4)23(36)38-20-10-9-19(27)13-17(20)15-34-24(37)39-22(32-34)16-5-7-18(8-6-16)26(28,29)30/h5-10,13,31H,11-12,14-15H2,1-4H3. The van der Waals surface area contributed by atoms with Crippen molar-refractivity contribution in [2.24, 2.45) is 0 Å². The van der Waals surface area contributed by atoms with E-state index in [1.54, 1.807) is 20.8 Å². The normalized spacial score (nSPS) is 11.8. The number of carbonyl (C=O) groups is 2. The average molecular weight is 585 g/mol. The fraction of sp³-hybridized carbons (Fsp3) is 0.385. The van der Waals surface area contributed by atoms with Crippen molar-refractivity contribution >= 4 is 23.7 Å². The van der Waals surface area contributed by atoms with Gasteiger partial charge in [-0.05, 0) is 63.2 Å². The molecule has 0 fully saturated rings. The number of alkyl halides is 3. The van der Waals surface area contributed by atoms with Crippen LogP contribution in [0.2, 0.25) is 5.02 Å². The molecule has 0 atom stereocenters. The van der Waals surface area contributed by atoms with Crippen LogP contribution >= 0.6 is 11.6 Å². The summed E-state index contributed by atoms with van der Waals surface area (Å²) in [6.07, 6.45) is -5.22. The number of rotatable bonds is 9. The number of halogens is 4. The molecule has 1 heterocycles. The molecule has 0 radical (unpaired) electrons. The van der Waals surface area contributed by atoms with E-state index in [0.29, 0.717) is 17.1 Å². The molecule has 2 aromatic carbocycles. The number of nitrogens with zero attached hydrogens (tertiary/aromatic N) is 3. The number of amides is 1. The smallest absolute Gasteiger partial charge is 0.437 e. The van der Waals surface area contributed by atoms with Crippen molar-refractivity contribution in [3.05, 3.63) is 69.2 Å². The Labute approximate surface area is 232 Å². The Morgan fingerprint density at radius 2 is 1.80 bits per heavy atom. The summed E-state index contributed by atoms with van der Waals surface area (Å²) in [7, 11) is 1.51. The largest absolute Gasteiger partial charge is 0.459 e. The molecule has 0 unspecified atom stereocenters. The number of ether oxygens (including phenoxy) is 2. The van der Waals surface area contributed by atoms with Crippen molar-refractivity contribution in [2.45, 2.75) is 39.1 Å². The molecule has 216 valence electrons. The first-order valence-corrected chi connectivity index (χ1v) is 12.4. The van der Waals surface area contributed by atoms with Gasteiger partial charge in [0.15, 0.2) is 0 Å². The molecule has 1 N–H and O–H groups in total. The summed E-state index contributed by atoms with van der Waals surface area (Å²) in [4.78, 5) is 38.1. The Hall–Kier alpha value is -3.84. The van der Waals surface area contributed by atoms with Crippen LogP contribution in [-0.4, -0.2) is 59.0 Å². The van der Waals surface area contributed by atoms with Gasteiger partial charge < -0.3 is 24.1 Å². The van der Waals surface area contributed by atoms with Gasteiger partial charge in [0.1, 0.15) is 11.4 Å². The second kappa shape index (κ2) is 12.6. The van der Waals surface area contributed by atoms with Gasteiger partial charge in [-0.2, -0.15) is 17.9 Å². The van der Waals surface area contributed by atoms with Gasteiger partial charge >= 0.3 is 24.0 Å². The van der Waals surface area contributed by atoms with Gasteiger partial charge in [-0.1, -0.05) is 11.6 Å². The summed E-state index contributed by atoms with van der Waals surface area (Å²) >= 11 is 6.10. The Balaban J connectivity index is 1.64. The van der Waals surface area contributed by atoms with Crippen LogP contribution in [0.4, 0.5) is 18.0 Å². The lowest BCUT2D eigenvalue weighted by Crippen LogP contribution is -2.38. The first kappa shape index (κ1) is 30.7. The van der Waals surface area contributed by atoms with Gasteiger partial charge in [0.2, 0.25) is 5.89 Å². The topological polar surface area (TPSA) is 116 Å². The highest BCUT2D eigenvalue weighted by atomic mass is 35.5. The summed E-state index contributed by atoms with van der Waals surface area (Å²) in [5.74, 6) is -1.37. The van der Waals surface area contributed by atoms with Gasteiger partial charge in [-0.15, -0.1) is 5.10 Å². The van der Waals surface area contributed by atoms with Crippen LogP contribution in [0.3, 0.4) is 0 Å². The van der Waals surface area contributed by atoms with E-state index in [0.717, 1.165) is 28.9 Å². The summed E-state index contributed by atoms with van der Waals surface area (Å²) in [6, 6.07) is 8.41. The lowest BCUT2D eigenvalue weighted by Gasteiger charge is -2.20. The zero-order chi connectivity index (χ0) is 29.7. The van der Waals surface area contributed by atoms with Crippen LogP contribution in [-0.2, 0) is 22.3 Å². The minimum absolute atomic E-state index is 0.0254. The van der Waals surface area contributed by atoms with Gasteiger partial charge in [0.25, 0.3) is 0 Å². The fourth-order valence-corrected chi connectivity index (χ4v) is 3.53. The van der Waals surface area contributed by atoms with Crippen LogP contribution in [0.25, 0.3) is 11.5 Å². The molecule has 14 heteroatoms. The van der Waals surface area contributed by atoms with E-state index in [2.05, 4.69) is 10.4 Å². The number of hydrogen-bond acceptors (Lipinski definition) is 8. The Morgan fingerprint density at radius 1 is 1.12 bits per heavy atom. The summed E-state index contributed by atoms with van der Waals surface area (Å²) in [6.45, 7) is 5.56. The van der Waals surface area contributed by atoms with E-state index in [-0.39, 0.29) is 36.8 Å². The molecule has 0 saturated carbocycles. The van der Waals surface area contributed by atoms with Gasteiger partial charge in [-0.3, -0.25) is 4.79 Å². The molecule has 3 aromatic rings. The third-order valence-corrected chi connectivity index (χ3v) is 5.47. The molecule has 1 amide bonds. The monoisotopic (exact) mass is 584 g/mol. The van der Waals surface area contributed by atoms with E-state index >= 15 is 0 Å². The SMILES string of the molecule is CN(CCNCC(=O)OC(C)(C)C)C(=O)Oc1ccc(Cl)cc1Cn1nc(-c2ccc(C(F)(F)F)cc2)oc1=O. The van der Waals surface area contributed by atoms with Crippen molar-refractivity contribution in [1.82, 2.24) is 20.0 Å². The molecule has 0 aliphatic heterocycles. The molecule has 0 saturated heterocycles. The van der Waals surface area contributed by atoms with E-state index < -0.39 is 35.2 Å². The highest BCUT2D eigenvalue weighted by Gasteiger charge is 2.30. The fourth-order valence-electron chi connectivity index (χ4n) is 3.34. The van der Waals surface area contributed by atoms with Crippen molar-refractivity contribution in [1.29, 1.82) is 0 Å². The van der Waals surface area contributed by atoms with Crippen LogP contribution < -0.4 is 15.8 Å².